The Bertz CT molecular complexity index is 462. The van der Waals surface area contributed by atoms with Crippen molar-refractivity contribution in [2.24, 2.45) is 0 Å². The lowest BCUT2D eigenvalue weighted by Gasteiger charge is -2.23. The van der Waals surface area contributed by atoms with Crippen LogP contribution < -0.4 is 0 Å². The number of amides is 1. The summed E-state index contributed by atoms with van der Waals surface area (Å²) in [5.41, 5.74) is 0.639. The Morgan fingerprint density at radius 3 is 2.44 bits per heavy atom. The summed E-state index contributed by atoms with van der Waals surface area (Å²) in [6, 6.07) is 0. The molecule has 0 bridgehead atoms. The van der Waals surface area contributed by atoms with E-state index in [4.69, 9.17) is 0 Å². The van der Waals surface area contributed by atoms with Gasteiger partial charge in [-0.15, -0.1) is 0 Å². The van der Waals surface area contributed by atoms with Crippen molar-refractivity contribution in [1.82, 2.24) is 14.9 Å². The molecule has 0 saturated heterocycles. The molecule has 18 heavy (non-hydrogen) atoms. The number of nitrogens with zero attached hydrogens (tertiary/aromatic N) is 3. The van der Waals surface area contributed by atoms with Crippen molar-refractivity contribution in [2.75, 3.05) is 0 Å². The number of alkyl halides is 5. The fraction of sp³-hybridized carbons (Fsp3) is 0.444. The monoisotopic (exact) mass is 267 g/mol. The first-order chi connectivity index (χ1) is 8.23. The van der Waals surface area contributed by atoms with Gasteiger partial charge in [0.15, 0.2) is 0 Å². The second kappa shape index (κ2) is 3.85. The van der Waals surface area contributed by atoms with Crippen LogP contribution in [0.5, 0.6) is 0 Å². The quantitative estimate of drug-likeness (QED) is 0.725. The SMILES string of the molecule is O=C(N1Cc2cncnc2C1)C(F)(F)C(F)(F)F. The number of hydrogen-bond acceptors (Lipinski definition) is 3. The normalized spacial score (nSPS) is 15.7. The van der Waals surface area contributed by atoms with Crippen LogP contribution in [-0.2, 0) is 17.9 Å². The first kappa shape index (κ1) is 12.7. The second-order valence-corrected chi connectivity index (χ2v) is 3.73. The van der Waals surface area contributed by atoms with Gasteiger partial charge in [-0.2, -0.15) is 22.0 Å². The van der Waals surface area contributed by atoms with Gasteiger partial charge >= 0.3 is 18.0 Å². The van der Waals surface area contributed by atoms with Crippen molar-refractivity contribution in [1.29, 1.82) is 0 Å². The highest BCUT2D eigenvalue weighted by molar-refractivity contribution is 5.84. The van der Waals surface area contributed by atoms with Crippen LogP contribution in [0.2, 0.25) is 0 Å². The molecule has 0 aromatic carbocycles. The lowest BCUT2D eigenvalue weighted by molar-refractivity contribution is -0.274. The Morgan fingerprint density at radius 2 is 1.89 bits per heavy atom. The molecule has 0 fully saturated rings. The van der Waals surface area contributed by atoms with Gasteiger partial charge in [0, 0.05) is 18.3 Å². The molecule has 0 radical (unpaired) electrons. The van der Waals surface area contributed by atoms with E-state index >= 15 is 0 Å². The van der Waals surface area contributed by atoms with E-state index in [1.165, 1.54) is 6.20 Å². The van der Waals surface area contributed by atoms with Crippen LogP contribution in [0, 0.1) is 0 Å². The zero-order valence-corrected chi connectivity index (χ0v) is 8.71. The fourth-order valence-electron chi connectivity index (χ4n) is 1.56. The average molecular weight is 267 g/mol. The maximum Gasteiger partial charge on any atom is 0.463 e. The van der Waals surface area contributed by atoms with Gasteiger partial charge in [-0.1, -0.05) is 0 Å². The van der Waals surface area contributed by atoms with Crippen LogP contribution in [-0.4, -0.2) is 32.9 Å². The molecule has 0 atom stereocenters. The Kier molecular flexibility index (Phi) is 2.71. The third-order valence-electron chi connectivity index (χ3n) is 2.49. The topological polar surface area (TPSA) is 46.1 Å². The third kappa shape index (κ3) is 1.89. The molecule has 1 aliphatic heterocycles. The molecule has 0 aliphatic carbocycles. The Morgan fingerprint density at radius 1 is 1.22 bits per heavy atom. The van der Waals surface area contributed by atoms with Crippen molar-refractivity contribution in [3.63, 3.8) is 0 Å². The Hall–Kier alpha value is -1.80. The molecule has 9 heteroatoms. The standard InChI is InChI=1S/C9H6F5N3O/c10-8(11,9(12,13)14)7(18)17-2-5-1-15-4-16-6(5)3-17/h1,4H,2-3H2. The third-order valence-corrected chi connectivity index (χ3v) is 2.49. The number of rotatable bonds is 1. The zero-order valence-electron chi connectivity index (χ0n) is 8.71. The molecule has 98 valence electrons. The smallest absolute Gasteiger partial charge is 0.327 e. The summed E-state index contributed by atoms with van der Waals surface area (Å²) in [5, 5.41) is 0. The molecule has 1 aromatic rings. The fourth-order valence-corrected chi connectivity index (χ4v) is 1.56. The number of fused-ring (bicyclic) bond motifs is 1. The summed E-state index contributed by atoms with van der Waals surface area (Å²) in [4.78, 5) is 18.9. The summed E-state index contributed by atoms with van der Waals surface area (Å²) in [5.74, 6) is -7.66. The van der Waals surface area contributed by atoms with Crippen LogP contribution in [0.15, 0.2) is 12.5 Å². The van der Waals surface area contributed by atoms with Gasteiger partial charge in [0.05, 0.1) is 12.2 Å². The molecule has 0 saturated carbocycles. The van der Waals surface area contributed by atoms with Crippen molar-refractivity contribution >= 4 is 5.91 Å². The van der Waals surface area contributed by atoms with Crippen LogP contribution in [0.25, 0.3) is 0 Å². The molecular weight excluding hydrogens is 261 g/mol. The highest BCUT2D eigenvalue weighted by Crippen LogP contribution is 2.38. The summed E-state index contributed by atoms with van der Waals surface area (Å²) < 4.78 is 61.8. The van der Waals surface area contributed by atoms with Gasteiger partial charge in [0.2, 0.25) is 0 Å². The van der Waals surface area contributed by atoms with Crippen molar-refractivity contribution in [3.05, 3.63) is 23.8 Å². The van der Waals surface area contributed by atoms with E-state index < -0.39 is 18.0 Å². The van der Waals surface area contributed by atoms with E-state index in [9.17, 15) is 26.7 Å². The summed E-state index contributed by atoms with van der Waals surface area (Å²) in [7, 11) is 0. The molecule has 0 unspecified atom stereocenters. The van der Waals surface area contributed by atoms with Gasteiger partial charge in [-0.05, 0) is 0 Å². The van der Waals surface area contributed by atoms with E-state index in [1.807, 2.05) is 0 Å². The van der Waals surface area contributed by atoms with Crippen LogP contribution in [0.4, 0.5) is 22.0 Å². The molecule has 0 N–H and O–H groups in total. The average Bonchev–Trinajstić information content (AvgIpc) is 2.69. The van der Waals surface area contributed by atoms with E-state index in [0.717, 1.165) is 6.33 Å². The summed E-state index contributed by atoms with van der Waals surface area (Å²) in [6.07, 6.45) is -3.49. The molecule has 1 aliphatic rings. The van der Waals surface area contributed by atoms with E-state index in [0.29, 0.717) is 10.5 Å². The molecule has 2 rings (SSSR count). The largest absolute Gasteiger partial charge is 0.463 e. The lowest BCUT2D eigenvalue weighted by Crippen LogP contribution is -2.50. The van der Waals surface area contributed by atoms with Gasteiger partial charge in [-0.3, -0.25) is 4.79 Å². The maximum atomic E-state index is 12.8. The first-order valence-corrected chi connectivity index (χ1v) is 4.75. The van der Waals surface area contributed by atoms with Crippen molar-refractivity contribution in [2.45, 2.75) is 25.2 Å². The van der Waals surface area contributed by atoms with Gasteiger partial charge in [0.25, 0.3) is 0 Å². The summed E-state index contributed by atoms with van der Waals surface area (Å²) >= 11 is 0. The molecule has 1 amide bonds. The number of halogens is 5. The Labute approximate surface area is 97.4 Å². The number of carbonyl (C=O) groups excluding carboxylic acids is 1. The minimum atomic E-state index is -5.90. The predicted octanol–water partition coefficient (Wildman–Crippen LogP) is 1.52. The number of aromatic nitrogens is 2. The van der Waals surface area contributed by atoms with Crippen molar-refractivity contribution in [3.8, 4) is 0 Å². The highest BCUT2D eigenvalue weighted by Gasteiger charge is 2.64. The second-order valence-electron chi connectivity index (χ2n) is 3.73. The molecule has 0 spiro atoms. The zero-order chi connectivity index (χ0) is 13.6. The molecular formula is C9H6F5N3O. The maximum absolute atomic E-state index is 12.8. The van der Waals surface area contributed by atoms with E-state index in [1.54, 1.807) is 0 Å². The first-order valence-electron chi connectivity index (χ1n) is 4.75. The Balaban J connectivity index is 2.20. The number of hydrogen-bond donors (Lipinski definition) is 0. The van der Waals surface area contributed by atoms with E-state index in [2.05, 4.69) is 9.97 Å². The minimum Gasteiger partial charge on any atom is -0.327 e. The lowest BCUT2D eigenvalue weighted by atomic mass is 10.3. The molecule has 2 heterocycles. The van der Waals surface area contributed by atoms with E-state index in [-0.39, 0.29) is 18.8 Å². The van der Waals surface area contributed by atoms with Crippen LogP contribution >= 0.6 is 0 Å². The van der Waals surface area contributed by atoms with Crippen LogP contribution in [0.3, 0.4) is 0 Å². The summed E-state index contributed by atoms with van der Waals surface area (Å²) in [6.45, 7) is -0.719. The van der Waals surface area contributed by atoms with Gasteiger partial charge in [-0.25, -0.2) is 9.97 Å². The molecule has 1 aromatic heterocycles. The van der Waals surface area contributed by atoms with Crippen LogP contribution in [0.1, 0.15) is 11.3 Å². The number of carbonyl (C=O) groups is 1. The highest BCUT2D eigenvalue weighted by atomic mass is 19.4. The van der Waals surface area contributed by atoms with Gasteiger partial charge < -0.3 is 4.90 Å². The van der Waals surface area contributed by atoms with Crippen molar-refractivity contribution < 1.29 is 26.7 Å². The molecule has 4 nitrogen and oxygen atoms in total. The minimum absolute atomic E-state index is 0.274. The van der Waals surface area contributed by atoms with Gasteiger partial charge in [0.1, 0.15) is 6.33 Å². The predicted molar refractivity (Wildman–Crippen MR) is 47.3 cm³/mol.